The van der Waals surface area contributed by atoms with Crippen LogP contribution in [0.25, 0.3) is 11.2 Å². The first-order valence-electron chi connectivity index (χ1n) is 5.37. The van der Waals surface area contributed by atoms with Gasteiger partial charge in [-0.15, -0.1) is 0 Å². The van der Waals surface area contributed by atoms with Crippen LogP contribution in [0.4, 0.5) is 0 Å². The fraction of sp³-hybridized carbons (Fsp3) is 0.0769. The maximum atomic E-state index is 9.73. The first-order chi connectivity index (χ1) is 8.34. The van der Waals surface area contributed by atoms with Crippen molar-refractivity contribution in [1.29, 1.82) is 0 Å². The van der Waals surface area contributed by atoms with Crippen molar-refractivity contribution in [3.63, 3.8) is 0 Å². The van der Waals surface area contributed by atoms with Crippen LogP contribution in [-0.2, 0) is 6.54 Å². The van der Waals surface area contributed by atoms with Crippen LogP contribution in [0.5, 0.6) is 5.75 Å². The molecular weight excluding hydrogens is 214 g/mol. The highest BCUT2D eigenvalue weighted by molar-refractivity contribution is 5.70. The number of para-hydroxylation sites is 1. The van der Waals surface area contributed by atoms with Gasteiger partial charge in [0, 0.05) is 11.8 Å². The minimum Gasteiger partial charge on any atom is -0.508 e. The van der Waals surface area contributed by atoms with E-state index in [2.05, 4.69) is 9.97 Å². The van der Waals surface area contributed by atoms with Gasteiger partial charge in [0.15, 0.2) is 5.65 Å². The van der Waals surface area contributed by atoms with Gasteiger partial charge in [-0.2, -0.15) is 0 Å². The van der Waals surface area contributed by atoms with Gasteiger partial charge in [-0.1, -0.05) is 18.2 Å². The Balaban J connectivity index is 2.03. The van der Waals surface area contributed by atoms with Gasteiger partial charge in [0.05, 0.1) is 12.9 Å². The predicted octanol–water partition coefficient (Wildman–Crippen LogP) is 2.19. The molecule has 3 aromatic rings. The Morgan fingerprint density at radius 1 is 1.06 bits per heavy atom. The Morgan fingerprint density at radius 2 is 1.94 bits per heavy atom. The average Bonchev–Trinajstić information content (AvgIpc) is 2.76. The van der Waals surface area contributed by atoms with Gasteiger partial charge in [0.1, 0.15) is 11.3 Å². The van der Waals surface area contributed by atoms with E-state index >= 15 is 0 Å². The monoisotopic (exact) mass is 225 g/mol. The molecule has 0 amide bonds. The quantitative estimate of drug-likeness (QED) is 0.727. The number of phenolic OH excluding ortho intramolecular Hbond substituents is 1. The highest BCUT2D eigenvalue weighted by Gasteiger charge is 2.05. The molecule has 0 fully saturated rings. The molecule has 0 aliphatic carbocycles. The van der Waals surface area contributed by atoms with E-state index in [1.54, 1.807) is 18.6 Å². The lowest BCUT2D eigenvalue weighted by Crippen LogP contribution is -1.99. The van der Waals surface area contributed by atoms with Gasteiger partial charge in [0.2, 0.25) is 0 Å². The van der Waals surface area contributed by atoms with Crippen LogP contribution < -0.4 is 0 Å². The highest BCUT2D eigenvalue weighted by Crippen LogP contribution is 2.18. The van der Waals surface area contributed by atoms with Gasteiger partial charge in [-0.25, -0.2) is 9.97 Å². The fourth-order valence-electron chi connectivity index (χ4n) is 1.84. The highest BCUT2D eigenvalue weighted by atomic mass is 16.3. The zero-order valence-electron chi connectivity index (χ0n) is 9.11. The minimum atomic E-state index is 0.297. The largest absolute Gasteiger partial charge is 0.508 e. The zero-order valence-corrected chi connectivity index (χ0v) is 9.11. The lowest BCUT2D eigenvalue weighted by molar-refractivity contribution is 0.466. The molecule has 3 rings (SSSR count). The topological polar surface area (TPSA) is 50.9 Å². The summed E-state index contributed by atoms with van der Waals surface area (Å²) in [6, 6.07) is 11.1. The molecule has 4 nitrogen and oxygen atoms in total. The maximum Gasteiger partial charge on any atom is 0.160 e. The Morgan fingerprint density at radius 3 is 2.82 bits per heavy atom. The second kappa shape index (κ2) is 3.90. The van der Waals surface area contributed by atoms with Gasteiger partial charge in [-0.3, -0.25) is 0 Å². The van der Waals surface area contributed by atoms with Crippen LogP contribution >= 0.6 is 0 Å². The van der Waals surface area contributed by atoms with Crippen molar-refractivity contribution in [2.75, 3.05) is 0 Å². The summed E-state index contributed by atoms with van der Waals surface area (Å²) >= 11 is 0. The Kier molecular flexibility index (Phi) is 2.26. The zero-order chi connectivity index (χ0) is 11.7. The normalized spacial score (nSPS) is 10.8. The summed E-state index contributed by atoms with van der Waals surface area (Å²) in [4.78, 5) is 8.55. The Hall–Kier alpha value is -2.36. The molecule has 0 atom stereocenters. The van der Waals surface area contributed by atoms with Crippen LogP contribution in [0.15, 0.2) is 48.9 Å². The van der Waals surface area contributed by atoms with E-state index in [-0.39, 0.29) is 0 Å². The summed E-state index contributed by atoms with van der Waals surface area (Å²) in [6.45, 7) is 0.570. The van der Waals surface area contributed by atoms with Crippen LogP contribution in [0.3, 0.4) is 0 Å². The summed E-state index contributed by atoms with van der Waals surface area (Å²) < 4.78 is 1.92. The summed E-state index contributed by atoms with van der Waals surface area (Å²) in [7, 11) is 0. The number of aromatic nitrogens is 3. The first kappa shape index (κ1) is 9.84. The Labute approximate surface area is 98.2 Å². The number of hydrogen-bond donors (Lipinski definition) is 1. The van der Waals surface area contributed by atoms with Crippen molar-refractivity contribution in [3.05, 3.63) is 54.5 Å². The second-order valence-electron chi connectivity index (χ2n) is 3.85. The number of aromatic hydroxyl groups is 1. The standard InChI is InChI=1S/C13H11N3O/c17-12-6-2-1-4-10(12)8-16-9-15-11-5-3-7-14-13(11)16/h1-7,9,17H,8H2. The number of hydrogen-bond acceptors (Lipinski definition) is 3. The molecule has 0 unspecified atom stereocenters. The van der Waals surface area contributed by atoms with E-state index in [0.717, 1.165) is 16.7 Å². The second-order valence-corrected chi connectivity index (χ2v) is 3.85. The molecule has 84 valence electrons. The third kappa shape index (κ3) is 1.73. The van der Waals surface area contributed by atoms with Gasteiger partial charge in [0.25, 0.3) is 0 Å². The minimum absolute atomic E-state index is 0.297. The van der Waals surface area contributed by atoms with Crippen molar-refractivity contribution in [2.24, 2.45) is 0 Å². The van der Waals surface area contributed by atoms with E-state index in [0.29, 0.717) is 12.3 Å². The molecule has 4 heteroatoms. The number of phenols is 1. The third-order valence-electron chi connectivity index (χ3n) is 2.71. The molecule has 0 saturated carbocycles. The lowest BCUT2D eigenvalue weighted by Gasteiger charge is -2.05. The van der Waals surface area contributed by atoms with Gasteiger partial charge < -0.3 is 9.67 Å². The smallest absolute Gasteiger partial charge is 0.160 e. The first-order valence-corrected chi connectivity index (χ1v) is 5.37. The molecule has 1 N–H and O–H groups in total. The number of imidazole rings is 1. The van der Waals surface area contributed by atoms with Crippen molar-refractivity contribution in [3.8, 4) is 5.75 Å². The van der Waals surface area contributed by atoms with Gasteiger partial charge >= 0.3 is 0 Å². The average molecular weight is 225 g/mol. The maximum absolute atomic E-state index is 9.73. The van der Waals surface area contributed by atoms with Crippen LogP contribution in [0.1, 0.15) is 5.56 Å². The molecular formula is C13H11N3O. The molecule has 1 aromatic carbocycles. The fourth-order valence-corrected chi connectivity index (χ4v) is 1.84. The van der Waals surface area contributed by atoms with Gasteiger partial charge in [-0.05, 0) is 18.2 Å². The summed E-state index contributed by atoms with van der Waals surface area (Å²) in [5, 5.41) is 9.73. The predicted molar refractivity (Wildman–Crippen MR) is 64.7 cm³/mol. The Bertz CT molecular complexity index is 660. The molecule has 0 spiro atoms. The molecule has 17 heavy (non-hydrogen) atoms. The van der Waals surface area contributed by atoms with E-state index in [4.69, 9.17) is 0 Å². The van der Waals surface area contributed by atoms with E-state index in [1.807, 2.05) is 34.9 Å². The summed E-state index contributed by atoms with van der Waals surface area (Å²) in [6.07, 6.45) is 3.48. The van der Waals surface area contributed by atoms with Crippen LogP contribution in [-0.4, -0.2) is 19.6 Å². The molecule has 0 bridgehead atoms. The lowest BCUT2D eigenvalue weighted by atomic mass is 10.2. The number of benzene rings is 1. The molecule has 0 aliphatic rings. The number of fused-ring (bicyclic) bond motifs is 1. The number of nitrogens with zero attached hydrogens (tertiary/aromatic N) is 3. The molecule has 0 aliphatic heterocycles. The van der Waals surface area contributed by atoms with Crippen LogP contribution in [0.2, 0.25) is 0 Å². The van der Waals surface area contributed by atoms with E-state index in [9.17, 15) is 5.11 Å². The van der Waals surface area contributed by atoms with E-state index in [1.165, 1.54) is 0 Å². The van der Waals surface area contributed by atoms with Crippen molar-refractivity contribution in [2.45, 2.75) is 6.54 Å². The van der Waals surface area contributed by atoms with E-state index < -0.39 is 0 Å². The van der Waals surface area contributed by atoms with Crippen molar-refractivity contribution < 1.29 is 5.11 Å². The molecule has 2 aromatic heterocycles. The third-order valence-corrected chi connectivity index (χ3v) is 2.71. The SMILES string of the molecule is Oc1ccccc1Cn1cnc2cccnc21. The summed E-state index contributed by atoms with van der Waals surface area (Å²) in [5.41, 5.74) is 2.55. The van der Waals surface area contributed by atoms with Crippen LogP contribution in [0, 0.1) is 0 Å². The summed E-state index contributed by atoms with van der Waals surface area (Å²) in [5.74, 6) is 0.297. The molecule has 2 heterocycles. The number of rotatable bonds is 2. The molecule has 0 radical (unpaired) electrons. The van der Waals surface area contributed by atoms with Crippen molar-refractivity contribution in [1.82, 2.24) is 14.5 Å². The molecule has 0 saturated heterocycles. The number of pyridine rings is 1. The van der Waals surface area contributed by atoms with Crippen molar-refractivity contribution >= 4 is 11.2 Å².